The van der Waals surface area contributed by atoms with Crippen molar-refractivity contribution in [3.05, 3.63) is 54.0 Å². The highest BCUT2D eigenvalue weighted by Crippen LogP contribution is 2.18. The van der Waals surface area contributed by atoms with E-state index in [1.807, 2.05) is 19.2 Å². The Morgan fingerprint density at radius 2 is 1.95 bits per heavy atom. The molecule has 2 heterocycles. The lowest BCUT2D eigenvalue weighted by Crippen LogP contribution is -2.09. The molecule has 3 aromatic rings. The minimum atomic E-state index is 0.513. The van der Waals surface area contributed by atoms with Gasteiger partial charge in [0.1, 0.15) is 18.0 Å². The predicted molar refractivity (Wildman–Crippen MR) is 85.1 cm³/mol. The minimum absolute atomic E-state index is 0.513. The zero-order valence-electron chi connectivity index (χ0n) is 11.9. The molecule has 0 spiro atoms. The smallest absolute Gasteiger partial charge is 0.134 e. The molecule has 3 N–H and O–H groups in total. The van der Waals surface area contributed by atoms with Crippen LogP contribution in [-0.2, 0) is 6.42 Å². The van der Waals surface area contributed by atoms with E-state index in [-0.39, 0.29) is 0 Å². The van der Waals surface area contributed by atoms with Crippen molar-refractivity contribution in [3.63, 3.8) is 0 Å². The molecule has 1 aromatic carbocycles. The lowest BCUT2D eigenvalue weighted by molar-refractivity contribution is 0.997. The zero-order chi connectivity index (χ0) is 14.7. The third kappa shape index (κ3) is 2.76. The second kappa shape index (κ2) is 5.75. The molecule has 0 radical (unpaired) electrons. The Morgan fingerprint density at radius 1 is 1.10 bits per heavy atom. The summed E-state index contributed by atoms with van der Waals surface area (Å²) in [5.74, 6) is 1.30. The maximum absolute atomic E-state index is 5.78. The van der Waals surface area contributed by atoms with E-state index >= 15 is 0 Å². The molecule has 0 aliphatic rings. The van der Waals surface area contributed by atoms with E-state index in [9.17, 15) is 0 Å². The Hall–Kier alpha value is -2.69. The topological polar surface area (TPSA) is 76.7 Å². The number of rotatable bonds is 4. The maximum atomic E-state index is 5.78. The minimum Gasteiger partial charge on any atom is -0.383 e. The Morgan fingerprint density at radius 3 is 2.86 bits per heavy atom. The van der Waals surface area contributed by atoms with Gasteiger partial charge in [-0.1, -0.05) is 24.3 Å². The summed E-state index contributed by atoms with van der Waals surface area (Å²) in [5.41, 5.74) is 8.94. The van der Waals surface area contributed by atoms with E-state index in [2.05, 4.69) is 44.5 Å². The van der Waals surface area contributed by atoms with Crippen molar-refractivity contribution in [2.75, 3.05) is 17.6 Å². The van der Waals surface area contributed by atoms with Gasteiger partial charge >= 0.3 is 0 Å². The van der Waals surface area contributed by atoms with Crippen molar-refractivity contribution in [2.45, 2.75) is 13.3 Å². The van der Waals surface area contributed by atoms with Gasteiger partial charge in [0.15, 0.2) is 0 Å². The summed E-state index contributed by atoms with van der Waals surface area (Å²) in [6.45, 7) is 2.68. The summed E-state index contributed by atoms with van der Waals surface area (Å²) >= 11 is 0. The number of fused-ring (bicyclic) bond motifs is 1. The second-order valence-corrected chi connectivity index (χ2v) is 4.90. The number of hydrogen-bond donors (Lipinski definition) is 2. The highest BCUT2D eigenvalue weighted by atomic mass is 15.0. The van der Waals surface area contributed by atoms with Gasteiger partial charge in [0.05, 0.1) is 5.52 Å². The summed E-state index contributed by atoms with van der Waals surface area (Å²) in [7, 11) is 0. The fourth-order valence-electron chi connectivity index (χ4n) is 2.33. The van der Waals surface area contributed by atoms with Gasteiger partial charge in [-0.3, -0.25) is 4.98 Å². The van der Waals surface area contributed by atoms with Crippen LogP contribution in [0.4, 0.5) is 11.6 Å². The van der Waals surface area contributed by atoms with Crippen LogP contribution < -0.4 is 11.1 Å². The zero-order valence-corrected chi connectivity index (χ0v) is 11.9. The molecule has 106 valence electrons. The number of anilines is 2. The Kier molecular flexibility index (Phi) is 3.64. The summed E-state index contributed by atoms with van der Waals surface area (Å²) in [5, 5.41) is 4.47. The molecule has 2 aromatic heterocycles. The van der Waals surface area contributed by atoms with Gasteiger partial charge in [-0.2, -0.15) is 0 Å². The standard InChI is InChI=1S/C16H17N5/c1-11-15(17)20-10-21-16(11)19-9-7-13-5-2-4-12-6-3-8-18-14(12)13/h2-6,8,10H,7,9H2,1H3,(H3,17,19,20,21). The summed E-state index contributed by atoms with van der Waals surface area (Å²) in [4.78, 5) is 12.6. The molecule has 0 amide bonds. The molecule has 5 heteroatoms. The first kappa shape index (κ1) is 13.3. The SMILES string of the molecule is Cc1c(N)ncnc1NCCc1cccc2cccnc12. The van der Waals surface area contributed by atoms with Crippen LogP contribution in [0.25, 0.3) is 10.9 Å². The Balaban J connectivity index is 1.74. The monoisotopic (exact) mass is 279 g/mol. The van der Waals surface area contributed by atoms with E-state index < -0.39 is 0 Å². The predicted octanol–water partition coefficient (Wildman–Crippen LogP) is 2.57. The van der Waals surface area contributed by atoms with Crippen LogP contribution >= 0.6 is 0 Å². The molecule has 0 aliphatic heterocycles. The normalized spacial score (nSPS) is 10.7. The number of nitrogens with two attached hydrogens (primary N) is 1. The van der Waals surface area contributed by atoms with Crippen LogP contribution in [0.1, 0.15) is 11.1 Å². The van der Waals surface area contributed by atoms with Crippen molar-refractivity contribution in [1.82, 2.24) is 15.0 Å². The third-order valence-corrected chi connectivity index (χ3v) is 3.53. The van der Waals surface area contributed by atoms with Crippen LogP contribution in [0.5, 0.6) is 0 Å². The highest BCUT2D eigenvalue weighted by Gasteiger charge is 2.05. The number of aromatic nitrogens is 3. The van der Waals surface area contributed by atoms with Gasteiger partial charge < -0.3 is 11.1 Å². The van der Waals surface area contributed by atoms with E-state index in [4.69, 9.17) is 5.73 Å². The van der Waals surface area contributed by atoms with Crippen LogP contribution in [0.15, 0.2) is 42.9 Å². The number of pyridine rings is 1. The summed E-state index contributed by atoms with van der Waals surface area (Å²) < 4.78 is 0. The lowest BCUT2D eigenvalue weighted by atomic mass is 10.1. The number of hydrogen-bond acceptors (Lipinski definition) is 5. The molecule has 0 unspecified atom stereocenters. The van der Waals surface area contributed by atoms with E-state index in [1.54, 1.807) is 0 Å². The molecule has 21 heavy (non-hydrogen) atoms. The quantitative estimate of drug-likeness (QED) is 0.767. The fraction of sp³-hybridized carbons (Fsp3) is 0.188. The summed E-state index contributed by atoms with van der Waals surface area (Å²) in [6, 6.07) is 10.3. The second-order valence-electron chi connectivity index (χ2n) is 4.90. The molecule has 0 fully saturated rings. The first-order valence-corrected chi connectivity index (χ1v) is 6.89. The van der Waals surface area contributed by atoms with Crippen molar-refractivity contribution in [1.29, 1.82) is 0 Å². The molecular formula is C16H17N5. The van der Waals surface area contributed by atoms with Crippen molar-refractivity contribution in [3.8, 4) is 0 Å². The molecule has 5 nitrogen and oxygen atoms in total. The Labute approximate surface area is 123 Å². The van der Waals surface area contributed by atoms with Gasteiger partial charge in [-0.15, -0.1) is 0 Å². The average molecular weight is 279 g/mol. The number of para-hydroxylation sites is 1. The molecule has 3 rings (SSSR count). The summed E-state index contributed by atoms with van der Waals surface area (Å²) in [6.07, 6.45) is 4.18. The molecular weight excluding hydrogens is 262 g/mol. The first-order valence-electron chi connectivity index (χ1n) is 6.89. The first-order chi connectivity index (χ1) is 10.3. The number of nitrogen functional groups attached to an aromatic ring is 1. The molecule has 0 saturated carbocycles. The van der Waals surface area contributed by atoms with E-state index in [0.29, 0.717) is 5.82 Å². The molecule has 0 aliphatic carbocycles. The fourth-order valence-corrected chi connectivity index (χ4v) is 2.33. The van der Waals surface area contributed by atoms with Gasteiger partial charge in [0.2, 0.25) is 0 Å². The van der Waals surface area contributed by atoms with Crippen LogP contribution in [-0.4, -0.2) is 21.5 Å². The van der Waals surface area contributed by atoms with Gasteiger partial charge in [-0.05, 0) is 25.0 Å². The highest BCUT2D eigenvalue weighted by molar-refractivity contribution is 5.81. The number of benzene rings is 1. The largest absolute Gasteiger partial charge is 0.383 e. The average Bonchev–Trinajstić information content (AvgIpc) is 2.52. The van der Waals surface area contributed by atoms with Gasteiger partial charge in [0, 0.05) is 23.7 Å². The van der Waals surface area contributed by atoms with Crippen molar-refractivity contribution >= 4 is 22.5 Å². The van der Waals surface area contributed by atoms with E-state index in [1.165, 1.54) is 11.9 Å². The van der Waals surface area contributed by atoms with Gasteiger partial charge in [-0.25, -0.2) is 9.97 Å². The van der Waals surface area contributed by atoms with Gasteiger partial charge in [0.25, 0.3) is 0 Å². The molecule has 0 bridgehead atoms. The molecule has 0 saturated heterocycles. The molecule has 0 atom stereocenters. The number of nitrogens with zero attached hydrogens (tertiary/aromatic N) is 3. The Bertz CT molecular complexity index is 764. The van der Waals surface area contributed by atoms with Crippen molar-refractivity contribution < 1.29 is 0 Å². The number of nitrogens with one attached hydrogen (secondary N) is 1. The maximum Gasteiger partial charge on any atom is 0.134 e. The van der Waals surface area contributed by atoms with E-state index in [0.717, 1.165) is 35.2 Å². The third-order valence-electron chi connectivity index (χ3n) is 3.53. The van der Waals surface area contributed by atoms with Crippen molar-refractivity contribution in [2.24, 2.45) is 0 Å². The lowest BCUT2D eigenvalue weighted by Gasteiger charge is -2.10. The van der Waals surface area contributed by atoms with Crippen LogP contribution in [0, 0.1) is 6.92 Å². The van der Waals surface area contributed by atoms with Crippen LogP contribution in [0.2, 0.25) is 0 Å². The van der Waals surface area contributed by atoms with Crippen LogP contribution in [0.3, 0.4) is 0 Å².